The van der Waals surface area contributed by atoms with Crippen molar-refractivity contribution in [2.45, 2.75) is 6.92 Å². The largest absolute Gasteiger partial charge is 0.496 e. The molecule has 2 aromatic carbocycles. The Morgan fingerprint density at radius 3 is 2.36 bits per heavy atom. The van der Waals surface area contributed by atoms with Crippen LogP contribution in [0.15, 0.2) is 54.7 Å². The third-order valence-electron chi connectivity index (χ3n) is 3.86. The number of nitrogens with one attached hydrogen (secondary N) is 2. The second-order valence-corrected chi connectivity index (χ2v) is 5.70. The molecule has 0 saturated carbocycles. The molecule has 0 aliphatic heterocycles. The minimum atomic E-state index is -0.301. The van der Waals surface area contributed by atoms with Crippen LogP contribution < -0.4 is 15.4 Å². The zero-order chi connectivity index (χ0) is 17.8. The number of carbonyl (C=O) groups is 1. The van der Waals surface area contributed by atoms with Gasteiger partial charge in [-0.25, -0.2) is 4.79 Å². The predicted octanol–water partition coefficient (Wildman–Crippen LogP) is 4.05. The van der Waals surface area contributed by atoms with Crippen LogP contribution in [0.2, 0.25) is 0 Å². The van der Waals surface area contributed by atoms with Crippen LogP contribution in [-0.4, -0.2) is 22.9 Å². The van der Waals surface area contributed by atoms with Gasteiger partial charge in [-0.2, -0.15) is 5.10 Å². The highest BCUT2D eigenvalue weighted by Gasteiger charge is 2.12. The summed E-state index contributed by atoms with van der Waals surface area (Å²) in [5.74, 6) is 0.716. The van der Waals surface area contributed by atoms with Gasteiger partial charge in [0.25, 0.3) is 0 Å². The summed E-state index contributed by atoms with van der Waals surface area (Å²) in [6, 6.07) is 14.7. The maximum Gasteiger partial charge on any atom is 0.323 e. The van der Waals surface area contributed by atoms with Gasteiger partial charge in [0.05, 0.1) is 12.8 Å². The molecule has 1 heterocycles. The van der Waals surface area contributed by atoms with E-state index in [1.807, 2.05) is 56.4 Å². The highest BCUT2D eigenvalue weighted by molar-refractivity contribution is 6.00. The number of hydrogen-bond donors (Lipinski definition) is 2. The van der Waals surface area contributed by atoms with E-state index in [9.17, 15) is 4.79 Å². The smallest absolute Gasteiger partial charge is 0.323 e. The number of nitrogens with zero attached hydrogens (tertiary/aromatic N) is 2. The molecule has 0 spiro atoms. The molecular formula is C19H20N4O2. The zero-order valence-corrected chi connectivity index (χ0v) is 14.4. The van der Waals surface area contributed by atoms with Crippen molar-refractivity contribution in [3.05, 3.63) is 60.3 Å². The molecule has 1 aromatic heterocycles. The van der Waals surface area contributed by atoms with Crippen LogP contribution in [0.25, 0.3) is 11.3 Å². The van der Waals surface area contributed by atoms with Crippen molar-refractivity contribution in [1.82, 2.24) is 9.78 Å². The van der Waals surface area contributed by atoms with E-state index < -0.39 is 0 Å². The van der Waals surface area contributed by atoms with Crippen LogP contribution in [0.1, 0.15) is 5.56 Å². The van der Waals surface area contributed by atoms with Crippen LogP contribution in [0, 0.1) is 6.92 Å². The Kier molecular flexibility index (Phi) is 4.70. The zero-order valence-electron chi connectivity index (χ0n) is 14.4. The van der Waals surface area contributed by atoms with Crippen LogP contribution in [0.4, 0.5) is 16.2 Å². The molecule has 0 aliphatic carbocycles. The van der Waals surface area contributed by atoms with Gasteiger partial charge in [0.2, 0.25) is 0 Å². The summed E-state index contributed by atoms with van der Waals surface area (Å²) in [7, 11) is 3.48. The van der Waals surface area contributed by atoms with Crippen molar-refractivity contribution in [2.24, 2.45) is 7.05 Å². The summed E-state index contributed by atoms with van der Waals surface area (Å²) in [4.78, 5) is 12.2. The Labute approximate surface area is 146 Å². The van der Waals surface area contributed by atoms with E-state index in [4.69, 9.17) is 4.74 Å². The molecule has 6 nitrogen and oxygen atoms in total. The van der Waals surface area contributed by atoms with Gasteiger partial charge in [0.15, 0.2) is 0 Å². The number of methoxy groups -OCH3 is 1. The molecule has 0 fully saturated rings. The van der Waals surface area contributed by atoms with Crippen molar-refractivity contribution in [2.75, 3.05) is 17.7 Å². The Bertz CT molecular complexity index is 885. The standard InChI is InChI=1S/C19H20N4O2/c1-13-4-6-14(7-5-13)21-19(24)22-15-8-9-18(25-3)16(12-15)17-10-11-20-23(17)2/h4-12H,1-3H3,(H2,21,22,24). The highest BCUT2D eigenvalue weighted by Crippen LogP contribution is 2.32. The lowest BCUT2D eigenvalue weighted by atomic mass is 10.1. The van der Waals surface area contributed by atoms with Crippen molar-refractivity contribution >= 4 is 17.4 Å². The third kappa shape index (κ3) is 3.80. The van der Waals surface area contributed by atoms with Gasteiger partial charge in [-0.05, 0) is 43.3 Å². The lowest BCUT2D eigenvalue weighted by molar-refractivity contribution is 0.262. The molecule has 128 valence electrons. The molecule has 0 aliphatic rings. The molecule has 2 N–H and O–H groups in total. The molecule has 3 rings (SSSR count). The van der Waals surface area contributed by atoms with E-state index in [0.29, 0.717) is 11.4 Å². The number of aryl methyl sites for hydroxylation is 2. The molecular weight excluding hydrogens is 316 g/mol. The van der Waals surface area contributed by atoms with Gasteiger partial charge in [0.1, 0.15) is 5.75 Å². The summed E-state index contributed by atoms with van der Waals surface area (Å²) < 4.78 is 7.18. The van der Waals surface area contributed by atoms with Crippen LogP contribution in [0.3, 0.4) is 0 Å². The topological polar surface area (TPSA) is 68.2 Å². The first-order valence-corrected chi connectivity index (χ1v) is 7.88. The number of rotatable bonds is 4. The number of amides is 2. The van der Waals surface area contributed by atoms with Crippen molar-refractivity contribution < 1.29 is 9.53 Å². The van der Waals surface area contributed by atoms with Gasteiger partial charge in [-0.1, -0.05) is 17.7 Å². The van der Waals surface area contributed by atoms with E-state index in [1.54, 1.807) is 24.1 Å². The fourth-order valence-corrected chi connectivity index (χ4v) is 2.55. The number of benzene rings is 2. The average Bonchev–Trinajstić information content (AvgIpc) is 3.02. The van der Waals surface area contributed by atoms with Crippen LogP contribution >= 0.6 is 0 Å². The van der Waals surface area contributed by atoms with Gasteiger partial charge in [0, 0.05) is 30.2 Å². The van der Waals surface area contributed by atoms with E-state index in [1.165, 1.54) is 0 Å². The second kappa shape index (κ2) is 7.09. The van der Waals surface area contributed by atoms with Crippen molar-refractivity contribution in [3.63, 3.8) is 0 Å². The SMILES string of the molecule is COc1ccc(NC(=O)Nc2ccc(C)cc2)cc1-c1ccnn1C. The summed E-state index contributed by atoms with van der Waals surface area (Å²) in [6.07, 6.45) is 1.72. The van der Waals surface area contributed by atoms with Gasteiger partial charge in [-0.3, -0.25) is 4.68 Å². The summed E-state index contributed by atoms with van der Waals surface area (Å²) in [5.41, 5.74) is 4.31. The summed E-state index contributed by atoms with van der Waals surface area (Å²) >= 11 is 0. The summed E-state index contributed by atoms with van der Waals surface area (Å²) in [6.45, 7) is 2.00. The first kappa shape index (κ1) is 16.6. The molecule has 0 atom stereocenters. The maximum atomic E-state index is 12.2. The maximum absolute atomic E-state index is 12.2. The predicted molar refractivity (Wildman–Crippen MR) is 99.0 cm³/mol. The Hall–Kier alpha value is -3.28. The minimum Gasteiger partial charge on any atom is -0.496 e. The number of hydrogen-bond acceptors (Lipinski definition) is 3. The van der Waals surface area contributed by atoms with E-state index in [-0.39, 0.29) is 6.03 Å². The monoisotopic (exact) mass is 336 g/mol. The number of ether oxygens (including phenoxy) is 1. The Morgan fingerprint density at radius 1 is 1.04 bits per heavy atom. The quantitative estimate of drug-likeness (QED) is 0.755. The Morgan fingerprint density at radius 2 is 1.72 bits per heavy atom. The van der Waals surface area contributed by atoms with Crippen LogP contribution in [0.5, 0.6) is 5.75 Å². The summed E-state index contributed by atoms with van der Waals surface area (Å²) in [5, 5.41) is 9.84. The molecule has 0 unspecified atom stereocenters. The average molecular weight is 336 g/mol. The molecule has 25 heavy (non-hydrogen) atoms. The number of aromatic nitrogens is 2. The first-order valence-electron chi connectivity index (χ1n) is 7.88. The van der Waals surface area contributed by atoms with E-state index >= 15 is 0 Å². The highest BCUT2D eigenvalue weighted by atomic mass is 16.5. The van der Waals surface area contributed by atoms with Crippen molar-refractivity contribution in [3.8, 4) is 17.0 Å². The van der Waals surface area contributed by atoms with Gasteiger partial charge in [-0.15, -0.1) is 0 Å². The molecule has 0 saturated heterocycles. The van der Waals surface area contributed by atoms with E-state index in [0.717, 1.165) is 22.5 Å². The molecule has 3 aromatic rings. The lowest BCUT2D eigenvalue weighted by Crippen LogP contribution is -2.19. The fraction of sp³-hybridized carbons (Fsp3) is 0.158. The molecule has 0 bridgehead atoms. The number of urea groups is 1. The van der Waals surface area contributed by atoms with Crippen LogP contribution in [-0.2, 0) is 7.05 Å². The minimum absolute atomic E-state index is 0.301. The van der Waals surface area contributed by atoms with Gasteiger partial charge >= 0.3 is 6.03 Å². The molecule has 0 radical (unpaired) electrons. The number of anilines is 2. The third-order valence-corrected chi connectivity index (χ3v) is 3.86. The lowest BCUT2D eigenvalue weighted by Gasteiger charge is -2.12. The number of carbonyl (C=O) groups excluding carboxylic acids is 1. The second-order valence-electron chi connectivity index (χ2n) is 5.70. The van der Waals surface area contributed by atoms with Gasteiger partial charge < -0.3 is 15.4 Å². The van der Waals surface area contributed by atoms with Crippen molar-refractivity contribution in [1.29, 1.82) is 0 Å². The first-order chi connectivity index (χ1) is 12.1. The molecule has 6 heteroatoms. The van der Waals surface area contributed by atoms with E-state index in [2.05, 4.69) is 15.7 Å². The fourth-order valence-electron chi connectivity index (χ4n) is 2.55. The normalized spacial score (nSPS) is 10.4. The molecule has 2 amide bonds. The Balaban J connectivity index is 1.79.